The maximum atomic E-state index is 12.7. The van der Waals surface area contributed by atoms with Gasteiger partial charge in [0, 0.05) is 24.1 Å². The van der Waals surface area contributed by atoms with E-state index in [4.69, 9.17) is 9.47 Å². The standard InChI is InChI=1S/C22H30N4O3/c1-14-12-23-26(13-15-4-7-19(28-2)20(10-15)29-3)22(14)25-21(27)11-16-8-17-5-6-18(9-16)24-17/h4,7,10,12,16-18,24H,5-6,8-9,11,13H2,1-3H3,(H,25,27). The van der Waals surface area contributed by atoms with Crippen molar-refractivity contribution in [2.24, 2.45) is 5.92 Å². The number of piperidine rings is 1. The number of carbonyl (C=O) groups is 1. The fraction of sp³-hybridized carbons (Fsp3) is 0.545. The van der Waals surface area contributed by atoms with E-state index < -0.39 is 0 Å². The van der Waals surface area contributed by atoms with E-state index in [0.29, 0.717) is 42.5 Å². The zero-order chi connectivity index (χ0) is 20.4. The van der Waals surface area contributed by atoms with Gasteiger partial charge >= 0.3 is 0 Å². The van der Waals surface area contributed by atoms with Crippen LogP contribution in [0, 0.1) is 12.8 Å². The van der Waals surface area contributed by atoms with Gasteiger partial charge in [0.2, 0.25) is 5.91 Å². The lowest BCUT2D eigenvalue weighted by Crippen LogP contribution is -2.39. The second kappa shape index (κ2) is 8.45. The lowest BCUT2D eigenvalue weighted by atomic mass is 9.89. The number of benzene rings is 1. The fourth-order valence-corrected chi connectivity index (χ4v) is 4.70. The van der Waals surface area contributed by atoms with Crippen LogP contribution >= 0.6 is 0 Å². The van der Waals surface area contributed by atoms with E-state index in [1.807, 2.05) is 29.8 Å². The molecule has 1 aromatic carbocycles. The van der Waals surface area contributed by atoms with Crippen molar-refractivity contribution in [3.05, 3.63) is 35.5 Å². The highest BCUT2D eigenvalue weighted by Crippen LogP contribution is 2.33. The minimum absolute atomic E-state index is 0.0773. The van der Waals surface area contributed by atoms with Gasteiger partial charge in [0.05, 0.1) is 27.0 Å². The van der Waals surface area contributed by atoms with Crippen molar-refractivity contribution >= 4 is 11.7 Å². The van der Waals surface area contributed by atoms with Gasteiger partial charge in [0.25, 0.3) is 0 Å². The summed E-state index contributed by atoms with van der Waals surface area (Å²) in [6.07, 6.45) is 7.08. The molecule has 2 saturated heterocycles. The van der Waals surface area contributed by atoms with Crippen LogP contribution < -0.4 is 20.1 Å². The third kappa shape index (κ3) is 4.40. The van der Waals surface area contributed by atoms with Crippen molar-refractivity contribution in [1.82, 2.24) is 15.1 Å². The average Bonchev–Trinajstić information content (AvgIpc) is 3.23. The number of rotatable bonds is 7. The zero-order valence-electron chi connectivity index (χ0n) is 17.4. The van der Waals surface area contributed by atoms with Gasteiger partial charge in [-0.3, -0.25) is 4.79 Å². The summed E-state index contributed by atoms with van der Waals surface area (Å²) in [7, 11) is 3.24. The SMILES string of the molecule is COc1ccc(Cn2ncc(C)c2NC(=O)CC2CC3CCC(C2)N3)cc1OC. The number of hydrogen-bond donors (Lipinski definition) is 2. The number of nitrogens with one attached hydrogen (secondary N) is 2. The molecule has 156 valence electrons. The van der Waals surface area contributed by atoms with Crippen LogP contribution in [0.3, 0.4) is 0 Å². The van der Waals surface area contributed by atoms with Crippen molar-refractivity contribution in [3.63, 3.8) is 0 Å². The summed E-state index contributed by atoms with van der Waals surface area (Å²) >= 11 is 0. The first-order valence-corrected chi connectivity index (χ1v) is 10.3. The van der Waals surface area contributed by atoms with Crippen LogP contribution in [0.25, 0.3) is 0 Å². The summed E-state index contributed by atoms with van der Waals surface area (Å²) in [5.74, 6) is 2.68. The van der Waals surface area contributed by atoms with Crippen LogP contribution in [0.5, 0.6) is 11.5 Å². The molecule has 1 aromatic heterocycles. The van der Waals surface area contributed by atoms with Gasteiger partial charge in [-0.15, -0.1) is 0 Å². The lowest BCUT2D eigenvalue weighted by Gasteiger charge is -2.28. The maximum absolute atomic E-state index is 12.7. The molecule has 2 unspecified atom stereocenters. The Hall–Kier alpha value is -2.54. The number of nitrogens with zero attached hydrogens (tertiary/aromatic N) is 2. The van der Waals surface area contributed by atoms with E-state index in [-0.39, 0.29) is 5.91 Å². The number of aromatic nitrogens is 2. The number of carbonyl (C=O) groups excluding carboxylic acids is 1. The molecule has 0 saturated carbocycles. The van der Waals surface area contributed by atoms with Crippen LogP contribution in [0.2, 0.25) is 0 Å². The molecule has 4 rings (SSSR count). The van der Waals surface area contributed by atoms with E-state index in [0.717, 1.165) is 29.8 Å². The van der Waals surface area contributed by atoms with Gasteiger partial charge in [0.1, 0.15) is 5.82 Å². The van der Waals surface area contributed by atoms with Gasteiger partial charge in [-0.25, -0.2) is 4.68 Å². The van der Waals surface area contributed by atoms with Gasteiger partial charge < -0.3 is 20.1 Å². The molecule has 2 atom stereocenters. The number of ether oxygens (including phenoxy) is 2. The summed E-state index contributed by atoms with van der Waals surface area (Å²) < 4.78 is 12.5. The highest BCUT2D eigenvalue weighted by Gasteiger charge is 2.34. The van der Waals surface area contributed by atoms with Crippen LogP contribution in [0.15, 0.2) is 24.4 Å². The average molecular weight is 399 g/mol. The van der Waals surface area contributed by atoms with Crippen molar-refractivity contribution in [3.8, 4) is 11.5 Å². The molecule has 2 aromatic rings. The molecule has 2 bridgehead atoms. The Kier molecular flexibility index (Phi) is 5.76. The van der Waals surface area contributed by atoms with Crippen LogP contribution in [-0.4, -0.2) is 42.0 Å². The number of fused-ring (bicyclic) bond motifs is 2. The number of anilines is 1. The van der Waals surface area contributed by atoms with Crippen LogP contribution in [0.1, 0.15) is 43.2 Å². The highest BCUT2D eigenvalue weighted by atomic mass is 16.5. The van der Waals surface area contributed by atoms with Crippen molar-refractivity contribution in [2.75, 3.05) is 19.5 Å². The first kappa shape index (κ1) is 19.8. The van der Waals surface area contributed by atoms with E-state index in [2.05, 4.69) is 15.7 Å². The zero-order valence-corrected chi connectivity index (χ0v) is 17.4. The van der Waals surface area contributed by atoms with Gasteiger partial charge in [-0.1, -0.05) is 6.07 Å². The monoisotopic (exact) mass is 398 g/mol. The maximum Gasteiger partial charge on any atom is 0.225 e. The van der Waals surface area contributed by atoms with Crippen molar-refractivity contribution < 1.29 is 14.3 Å². The molecule has 7 heteroatoms. The topological polar surface area (TPSA) is 77.4 Å². The normalized spacial score (nSPS) is 23.1. The Morgan fingerprint density at radius 1 is 1.21 bits per heavy atom. The largest absolute Gasteiger partial charge is 0.493 e. The third-order valence-corrected chi connectivity index (χ3v) is 6.11. The summed E-state index contributed by atoms with van der Waals surface area (Å²) in [6.45, 7) is 2.51. The Balaban J connectivity index is 1.42. The smallest absolute Gasteiger partial charge is 0.225 e. The molecular weight excluding hydrogens is 368 g/mol. The van der Waals surface area contributed by atoms with Gasteiger partial charge in [-0.2, -0.15) is 5.10 Å². The minimum Gasteiger partial charge on any atom is -0.493 e. The van der Waals surface area contributed by atoms with E-state index >= 15 is 0 Å². The highest BCUT2D eigenvalue weighted by molar-refractivity contribution is 5.90. The molecule has 2 aliphatic rings. The summed E-state index contributed by atoms with van der Waals surface area (Å²) in [5, 5.41) is 11.2. The first-order valence-electron chi connectivity index (χ1n) is 10.3. The molecular formula is C22H30N4O3. The Morgan fingerprint density at radius 2 is 1.93 bits per heavy atom. The van der Waals surface area contributed by atoms with E-state index in [1.165, 1.54) is 12.8 Å². The second-order valence-corrected chi connectivity index (χ2v) is 8.25. The summed E-state index contributed by atoms with van der Waals surface area (Å²) in [6, 6.07) is 7.00. The first-order chi connectivity index (χ1) is 14.1. The Morgan fingerprint density at radius 3 is 2.62 bits per heavy atom. The van der Waals surface area contributed by atoms with Crippen LogP contribution in [-0.2, 0) is 11.3 Å². The summed E-state index contributed by atoms with van der Waals surface area (Å²) in [4.78, 5) is 12.7. The number of methoxy groups -OCH3 is 2. The quantitative estimate of drug-likeness (QED) is 0.749. The van der Waals surface area contributed by atoms with Crippen LogP contribution in [0.4, 0.5) is 5.82 Å². The predicted molar refractivity (Wildman–Crippen MR) is 112 cm³/mol. The Labute approximate surface area is 171 Å². The van der Waals surface area contributed by atoms with E-state index in [1.54, 1.807) is 20.4 Å². The molecule has 7 nitrogen and oxygen atoms in total. The predicted octanol–water partition coefficient (Wildman–Crippen LogP) is 3.12. The van der Waals surface area contributed by atoms with Gasteiger partial charge in [-0.05, 0) is 56.2 Å². The summed E-state index contributed by atoms with van der Waals surface area (Å²) in [5.41, 5.74) is 1.99. The molecule has 3 heterocycles. The molecule has 0 spiro atoms. The Bertz CT molecular complexity index is 867. The number of amides is 1. The van der Waals surface area contributed by atoms with Crippen molar-refractivity contribution in [1.29, 1.82) is 0 Å². The minimum atomic E-state index is 0.0773. The molecule has 2 fully saturated rings. The molecule has 0 aliphatic carbocycles. The second-order valence-electron chi connectivity index (χ2n) is 8.25. The number of hydrogen-bond acceptors (Lipinski definition) is 5. The molecule has 0 radical (unpaired) electrons. The van der Waals surface area contributed by atoms with Crippen molar-refractivity contribution in [2.45, 2.75) is 57.7 Å². The molecule has 1 amide bonds. The van der Waals surface area contributed by atoms with Gasteiger partial charge in [0.15, 0.2) is 11.5 Å². The third-order valence-electron chi connectivity index (χ3n) is 6.11. The molecule has 29 heavy (non-hydrogen) atoms. The fourth-order valence-electron chi connectivity index (χ4n) is 4.70. The molecule has 2 aliphatic heterocycles. The lowest BCUT2D eigenvalue weighted by molar-refractivity contribution is -0.117. The molecule has 2 N–H and O–H groups in total. The van der Waals surface area contributed by atoms with E-state index in [9.17, 15) is 4.79 Å². The number of aryl methyl sites for hydroxylation is 1.